The second kappa shape index (κ2) is 16.8. The van der Waals surface area contributed by atoms with E-state index in [1.165, 1.54) is 57.8 Å². The van der Waals surface area contributed by atoms with Gasteiger partial charge in [-0.25, -0.2) is 0 Å². The molecule has 0 aliphatic rings. The molecule has 0 rings (SSSR count). The summed E-state index contributed by atoms with van der Waals surface area (Å²) in [5.74, 6) is -0.150. The average molecular weight is 424 g/mol. The molecule has 2 atom stereocenters. The molecule has 0 spiro atoms. The number of phosphoric acid groups is 1. The zero-order valence-electron chi connectivity index (χ0n) is 18.9. The molecule has 0 aromatic rings. The zero-order chi connectivity index (χ0) is 21.3. The Kier molecular flexibility index (Phi) is 16.8. The third-order valence-corrected chi connectivity index (χ3v) is 5.92. The number of likely N-dealkylation sites (N-methyl/N-ethyl adjacent to an activating group) is 1. The Labute approximate surface area is 173 Å². The minimum atomic E-state index is -4.28. The maximum Gasteiger partial charge on any atom is 0.268 e. The van der Waals surface area contributed by atoms with Crippen molar-refractivity contribution in [2.45, 2.75) is 84.0 Å². The number of aliphatic hydroxyl groups excluding tert-OH is 1. The maximum absolute atomic E-state index is 11.8. The summed E-state index contributed by atoms with van der Waals surface area (Å²) in [5.41, 5.74) is 0. The predicted octanol–water partition coefficient (Wildman–Crippen LogP) is 4.50. The molecular formula is C21H46NO5P. The van der Waals surface area contributed by atoms with Crippen molar-refractivity contribution in [3.63, 3.8) is 0 Å². The Morgan fingerprint density at radius 3 is 1.86 bits per heavy atom. The van der Waals surface area contributed by atoms with Gasteiger partial charge in [0.05, 0.1) is 27.7 Å². The lowest BCUT2D eigenvalue weighted by Crippen LogP contribution is -2.37. The molecule has 0 amide bonds. The van der Waals surface area contributed by atoms with Crippen LogP contribution < -0.4 is 4.89 Å². The minimum Gasteiger partial charge on any atom is -0.756 e. The first-order valence-corrected chi connectivity index (χ1v) is 12.7. The molecule has 0 aliphatic heterocycles. The molecule has 0 aliphatic carbocycles. The van der Waals surface area contributed by atoms with E-state index in [1.807, 2.05) is 21.1 Å². The number of rotatable bonds is 20. The van der Waals surface area contributed by atoms with Gasteiger partial charge in [0.2, 0.25) is 0 Å². The van der Waals surface area contributed by atoms with Crippen molar-refractivity contribution < 1.29 is 28.1 Å². The Balaban J connectivity index is 3.68. The van der Waals surface area contributed by atoms with E-state index in [4.69, 9.17) is 9.05 Å². The lowest BCUT2D eigenvalue weighted by atomic mass is 10.0. The Bertz CT molecular complexity index is 401. The van der Waals surface area contributed by atoms with Crippen LogP contribution in [0.4, 0.5) is 0 Å². The standard InChI is InChI=1S/C21H46NO5P/c1-5-6-7-8-9-10-11-12-13-14-15-16-21(19-23)20-27-28(24,25)26-18-17-22(2,3)4/h21,23H,5-20H2,1-4H3. The van der Waals surface area contributed by atoms with E-state index in [9.17, 15) is 14.6 Å². The maximum atomic E-state index is 11.8. The number of quaternary nitrogens is 1. The molecule has 0 bridgehead atoms. The van der Waals surface area contributed by atoms with Gasteiger partial charge in [0.15, 0.2) is 0 Å². The number of unbranched alkanes of at least 4 members (excludes halogenated alkanes) is 10. The first-order chi connectivity index (χ1) is 13.2. The van der Waals surface area contributed by atoms with Crippen LogP contribution in [0.1, 0.15) is 84.0 Å². The van der Waals surface area contributed by atoms with Crippen molar-refractivity contribution in [1.29, 1.82) is 0 Å². The average Bonchev–Trinajstić information content (AvgIpc) is 2.60. The molecule has 0 radical (unpaired) electrons. The summed E-state index contributed by atoms with van der Waals surface area (Å²) in [6.45, 7) is 2.87. The topological polar surface area (TPSA) is 78.8 Å². The molecular weight excluding hydrogens is 377 g/mol. The van der Waals surface area contributed by atoms with Gasteiger partial charge >= 0.3 is 0 Å². The molecule has 0 aromatic carbocycles. The van der Waals surface area contributed by atoms with Crippen LogP contribution in [0.5, 0.6) is 0 Å². The van der Waals surface area contributed by atoms with Gasteiger partial charge in [0.1, 0.15) is 13.2 Å². The summed E-state index contributed by atoms with van der Waals surface area (Å²) in [6.07, 6.45) is 14.8. The van der Waals surface area contributed by atoms with E-state index >= 15 is 0 Å². The second-order valence-electron chi connectivity index (χ2n) is 8.96. The Morgan fingerprint density at radius 1 is 0.893 bits per heavy atom. The largest absolute Gasteiger partial charge is 0.756 e. The van der Waals surface area contributed by atoms with Crippen molar-refractivity contribution in [2.75, 3.05) is 47.5 Å². The molecule has 7 heteroatoms. The van der Waals surface area contributed by atoms with Gasteiger partial charge in [-0.05, 0) is 6.42 Å². The second-order valence-corrected chi connectivity index (χ2v) is 10.4. The summed E-state index contributed by atoms with van der Waals surface area (Å²) < 4.78 is 22.3. The number of phosphoric ester groups is 1. The van der Waals surface area contributed by atoms with Gasteiger partial charge < -0.3 is 23.5 Å². The molecule has 28 heavy (non-hydrogen) atoms. The summed E-state index contributed by atoms with van der Waals surface area (Å²) in [7, 11) is 1.62. The van der Waals surface area contributed by atoms with E-state index in [2.05, 4.69) is 6.92 Å². The van der Waals surface area contributed by atoms with E-state index in [-0.39, 0.29) is 25.7 Å². The molecule has 6 nitrogen and oxygen atoms in total. The quantitative estimate of drug-likeness (QED) is 0.177. The fourth-order valence-corrected chi connectivity index (χ4v) is 3.76. The molecule has 0 saturated heterocycles. The molecule has 0 fully saturated rings. The predicted molar refractivity (Wildman–Crippen MR) is 114 cm³/mol. The SMILES string of the molecule is CCCCCCCCCCCCCC(CO)COP(=O)([O-])OCC[N+](C)(C)C. The molecule has 0 aromatic heterocycles. The highest BCUT2D eigenvalue weighted by atomic mass is 31.2. The van der Waals surface area contributed by atoms with Gasteiger partial charge in [-0.15, -0.1) is 0 Å². The third-order valence-electron chi connectivity index (χ3n) is 4.95. The highest BCUT2D eigenvalue weighted by Gasteiger charge is 2.16. The van der Waals surface area contributed by atoms with Gasteiger partial charge in [-0.1, -0.05) is 77.6 Å². The summed E-state index contributed by atoms with van der Waals surface area (Å²) >= 11 is 0. The van der Waals surface area contributed by atoms with Crippen molar-refractivity contribution in [2.24, 2.45) is 5.92 Å². The molecule has 0 saturated carbocycles. The first-order valence-electron chi connectivity index (χ1n) is 11.2. The minimum absolute atomic E-state index is 0.000583. The van der Waals surface area contributed by atoms with Crippen LogP contribution in [0.15, 0.2) is 0 Å². The summed E-state index contributed by atoms with van der Waals surface area (Å²) in [5, 5.41) is 9.45. The lowest BCUT2D eigenvalue weighted by molar-refractivity contribution is -0.870. The molecule has 1 N–H and O–H groups in total. The van der Waals surface area contributed by atoms with Gasteiger partial charge in [0.25, 0.3) is 7.82 Å². The van der Waals surface area contributed by atoms with Crippen LogP contribution in [0.3, 0.4) is 0 Å². The van der Waals surface area contributed by atoms with Crippen LogP contribution in [-0.4, -0.2) is 57.1 Å². The van der Waals surface area contributed by atoms with Crippen LogP contribution in [-0.2, 0) is 13.6 Å². The smallest absolute Gasteiger partial charge is 0.268 e. The van der Waals surface area contributed by atoms with E-state index in [1.54, 1.807) is 0 Å². The molecule has 0 heterocycles. The van der Waals surface area contributed by atoms with Gasteiger partial charge in [-0.2, -0.15) is 0 Å². The molecule has 170 valence electrons. The van der Waals surface area contributed by atoms with Crippen molar-refractivity contribution in [1.82, 2.24) is 0 Å². The Hall–Kier alpha value is 0.0300. The highest BCUT2D eigenvalue weighted by molar-refractivity contribution is 7.45. The monoisotopic (exact) mass is 423 g/mol. The number of hydrogen-bond donors (Lipinski definition) is 1. The number of hydrogen-bond acceptors (Lipinski definition) is 5. The van der Waals surface area contributed by atoms with Crippen LogP contribution in [0.25, 0.3) is 0 Å². The highest BCUT2D eigenvalue weighted by Crippen LogP contribution is 2.38. The van der Waals surface area contributed by atoms with Crippen LogP contribution in [0.2, 0.25) is 0 Å². The summed E-state index contributed by atoms with van der Waals surface area (Å²) in [6, 6.07) is 0. The zero-order valence-corrected chi connectivity index (χ0v) is 19.8. The van der Waals surface area contributed by atoms with Crippen LogP contribution in [0, 0.1) is 5.92 Å². The van der Waals surface area contributed by atoms with Crippen molar-refractivity contribution in [3.8, 4) is 0 Å². The van der Waals surface area contributed by atoms with Crippen molar-refractivity contribution in [3.05, 3.63) is 0 Å². The fourth-order valence-electron chi connectivity index (χ4n) is 2.99. The lowest BCUT2D eigenvalue weighted by Gasteiger charge is -2.28. The number of nitrogens with zero attached hydrogens (tertiary/aromatic N) is 1. The van der Waals surface area contributed by atoms with Gasteiger partial charge in [0, 0.05) is 12.5 Å². The first kappa shape index (κ1) is 28.0. The van der Waals surface area contributed by atoms with Gasteiger partial charge in [-0.3, -0.25) is 4.57 Å². The van der Waals surface area contributed by atoms with E-state index < -0.39 is 7.82 Å². The summed E-state index contributed by atoms with van der Waals surface area (Å²) in [4.78, 5) is 11.8. The molecule has 2 unspecified atom stereocenters. The Morgan fingerprint density at radius 2 is 1.39 bits per heavy atom. The van der Waals surface area contributed by atoms with Crippen molar-refractivity contribution >= 4 is 7.82 Å². The number of aliphatic hydroxyl groups is 1. The normalized spacial score (nSPS) is 15.5. The van der Waals surface area contributed by atoms with Crippen LogP contribution >= 0.6 is 7.82 Å². The van der Waals surface area contributed by atoms with E-state index in [0.717, 1.165) is 19.3 Å². The fraction of sp³-hybridized carbons (Fsp3) is 1.00. The van der Waals surface area contributed by atoms with E-state index in [0.29, 0.717) is 11.0 Å². The third kappa shape index (κ3) is 19.4.